The first-order chi connectivity index (χ1) is 16.6. The molecule has 1 unspecified atom stereocenters. The molecule has 0 amide bonds. The molecule has 34 heavy (non-hydrogen) atoms. The number of aromatic nitrogens is 2. The largest absolute Gasteiger partial charge is 0.493 e. The van der Waals surface area contributed by atoms with Crippen molar-refractivity contribution in [2.24, 2.45) is 0 Å². The van der Waals surface area contributed by atoms with Gasteiger partial charge in [-0.05, 0) is 42.2 Å². The molecule has 170 valence electrons. The molecule has 0 radical (unpaired) electrons. The monoisotopic (exact) mass is 472 g/mol. The van der Waals surface area contributed by atoms with Crippen molar-refractivity contribution < 1.29 is 14.6 Å². The third kappa shape index (κ3) is 2.64. The van der Waals surface area contributed by atoms with Crippen LogP contribution < -0.4 is 20.5 Å². The van der Waals surface area contributed by atoms with Crippen molar-refractivity contribution in [2.75, 3.05) is 18.7 Å². The van der Waals surface area contributed by atoms with E-state index in [0.717, 1.165) is 22.9 Å². The minimum atomic E-state index is -0.217. The van der Waals surface area contributed by atoms with Crippen LogP contribution in [0.4, 0.5) is 5.69 Å². The third-order valence-corrected chi connectivity index (χ3v) is 7.29. The molecule has 0 aliphatic carbocycles. The van der Waals surface area contributed by atoms with Gasteiger partial charge in [0.15, 0.2) is 16.6 Å². The average Bonchev–Trinajstić information content (AvgIpc) is 3.62. The number of thiocarbonyl (C=S) groups is 1. The van der Waals surface area contributed by atoms with Crippen LogP contribution >= 0.6 is 12.2 Å². The normalized spacial score (nSPS) is 19.6. The number of anilines is 1. The summed E-state index contributed by atoms with van der Waals surface area (Å²) < 4.78 is 14.0. The summed E-state index contributed by atoms with van der Waals surface area (Å²) in [5.41, 5.74) is 1.87. The Morgan fingerprint density at radius 3 is 2.79 bits per heavy atom. The molecule has 3 aromatic carbocycles. The number of likely N-dealkylation sites (tertiary alicyclic amines) is 1. The van der Waals surface area contributed by atoms with Gasteiger partial charge in [0.1, 0.15) is 5.69 Å². The van der Waals surface area contributed by atoms with Gasteiger partial charge >= 0.3 is 5.69 Å². The molecule has 4 aromatic rings. The maximum absolute atomic E-state index is 13.5. The summed E-state index contributed by atoms with van der Waals surface area (Å²) in [5, 5.41) is 17.0. The van der Waals surface area contributed by atoms with Gasteiger partial charge in [0.2, 0.25) is 12.7 Å². The van der Waals surface area contributed by atoms with Gasteiger partial charge in [-0.25, -0.2) is 9.36 Å². The maximum atomic E-state index is 13.5. The predicted octanol–water partition coefficient (Wildman–Crippen LogP) is 3.93. The molecule has 3 aliphatic rings. The van der Waals surface area contributed by atoms with E-state index in [0.29, 0.717) is 34.5 Å². The lowest BCUT2D eigenvalue weighted by atomic mass is 10.1. The molecule has 0 saturated carbocycles. The minimum Gasteiger partial charge on any atom is -0.493 e. The van der Waals surface area contributed by atoms with E-state index in [1.54, 1.807) is 4.57 Å². The zero-order chi connectivity index (χ0) is 23.0. The Labute approximate surface area is 199 Å². The summed E-state index contributed by atoms with van der Waals surface area (Å²) in [6.45, 7) is 0.816. The molecular formula is C25H20N4O4S. The van der Waals surface area contributed by atoms with Gasteiger partial charge in [0, 0.05) is 23.7 Å². The quantitative estimate of drug-likeness (QED) is 0.428. The molecule has 1 aromatic heterocycles. The number of hydrogen-bond acceptors (Lipinski definition) is 5. The van der Waals surface area contributed by atoms with Crippen molar-refractivity contribution in [1.82, 2.24) is 14.0 Å². The molecule has 1 fully saturated rings. The smallest absolute Gasteiger partial charge is 0.336 e. The molecule has 1 saturated heterocycles. The van der Waals surface area contributed by atoms with E-state index in [4.69, 9.17) is 21.7 Å². The van der Waals surface area contributed by atoms with Crippen LogP contribution in [0.15, 0.2) is 65.5 Å². The Hall–Kier alpha value is -3.98. The number of fused-ring (bicyclic) bond motifs is 7. The van der Waals surface area contributed by atoms with E-state index in [9.17, 15) is 9.90 Å². The third-order valence-electron chi connectivity index (χ3n) is 6.95. The predicted molar refractivity (Wildman–Crippen MR) is 131 cm³/mol. The van der Waals surface area contributed by atoms with Crippen LogP contribution in [0.5, 0.6) is 17.4 Å². The van der Waals surface area contributed by atoms with Gasteiger partial charge in [-0.3, -0.25) is 4.57 Å². The Balaban J connectivity index is 1.24. The fraction of sp³-hybridized carbons (Fsp3) is 0.200. The van der Waals surface area contributed by atoms with Crippen molar-refractivity contribution in [2.45, 2.75) is 18.5 Å². The van der Waals surface area contributed by atoms with E-state index < -0.39 is 0 Å². The molecule has 2 atom stereocenters. The Bertz CT molecular complexity index is 1550. The van der Waals surface area contributed by atoms with Crippen molar-refractivity contribution in [3.05, 3.63) is 76.8 Å². The summed E-state index contributed by atoms with van der Waals surface area (Å²) in [4.78, 5) is 15.5. The maximum Gasteiger partial charge on any atom is 0.336 e. The summed E-state index contributed by atoms with van der Waals surface area (Å²) in [6.07, 6.45) is 0.734. The van der Waals surface area contributed by atoms with Crippen LogP contribution in [0, 0.1) is 0 Å². The van der Waals surface area contributed by atoms with E-state index in [1.807, 2.05) is 65.6 Å². The van der Waals surface area contributed by atoms with Gasteiger partial charge in [0.05, 0.1) is 17.8 Å². The first-order valence-corrected chi connectivity index (χ1v) is 11.5. The van der Waals surface area contributed by atoms with Crippen molar-refractivity contribution in [3.8, 4) is 23.1 Å². The van der Waals surface area contributed by atoms with Gasteiger partial charge < -0.3 is 24.8 Å². The van der Waals surface area contributed by atoms with Gasteiger partial charge in [0.25, 0.3) is 0 Å². The highest BCUT2D eigenvalue weighted by Gasteiger charge is 2.48. The molecule has 4 heterocycles. The van der Waals surface area contributed by atoms with Crippen LogP contribution in [0.3, 0.4) is 0 Å². The number of nitrogens with one attached hydrogen (secondary N) is 1. The summed E-state index contributed by atoms with van der Waals surface area (Å²) in [6, 6.07) is 19.0. The molecule has 7 rings (SSSR count). The standard InChI is InChI=1S/C25H20N4O4S/c30-23-22-19-11-16(12-27(19)24(34)26-15-8-9-20-21(10-15)33-13-32-20)28(22)25(31)29(23)18-7-3-5-14-4-1-2-6-17(14)18/h1-10,16,19,30H,11-13H2,(H,26,34)/t16-,19?/m1/s1. The zero-order valence-electron chi connectivity index (χ0n) is 18.0. The summed E-state index contributed by atoms with van der Waals surface area (Å²) in [7, 11) is 0. The number of hydrogen-bond donors (Lipinski definition) is 2. The van der Waals surface area contributed by atoms with Crippen molar-refractivity contribution in [1.29, 1.82) is 0 Å². The minimum absolute atomic E-state index is 0.0237. The second kappa shape index (κ2) is 7.01. The molecule has 9 heteroatoms. The van der Waals surface area contributed by atoms with Crippen molar-refractivity contribution >= 4 is 33.8 Å². The first kappa shape index (κ1) is 19.5. The number of imidazole rings is 1. The highest BCUT2D eigenvalue weighted by molar-refractivity contribution is 7.80. The Morgan fingerprint density at radius 2 is 1.88 bits per heavy atom. The Kier molecular flexibility index (Phi) is 4.02. The van der Waals surface area contributed by atoms with E-state index in [-0.39, 0.29) is 30.4 Å². The van der Waals surface area contributed by atoms with E-state index >= 15 is 0 Å². The van der Waals surface area contributed by atoms with Crippen LogP contribution in [0.1, 0.15) is 24.2 Å². The van der Waals surface area contributed by atoms with Crippen molar-refractivity contribution in [3.63, 3.8) is 0 Å². The topological polar surface area (TPSA) is 80.9 Å². The Morgan fingerprint density at radius 1 is 1.06 bits per heavy atom. The van der Waals surface area contributed by atoms with Gasteiger partial charge in [-0.2, -0.15) is 0 Å². The summed E-state index contributed by atoms with van der Waals surface area (Å²) in [5.74, 6) is 1.36. The number of aromatic hydroxyl groups is 1. The highest BCUT2D eigenvalue weighted by atomic mass is 32.1. The van der Waals surface area contributed by atoms with E-state index in [1.165, 1.54) is 4.57 Å². The van der Waals surface area contributed by atoms with Crippen LogP contribution in [-0.2, 0) is 0 Å². The van der Waals surface area contributed by atoms with Gasteiger partial charge in [-0.1, -0.05) is 36.4 Å². The second-order valence-electron chi connectivity index (χ2n) is 8.75. The molecule has 0 spiro atoms. The van der Waals surface area contributed by atoms with Crippen LogP contribution in [-0.4, -0.2) is 37.6 Å². The zero-order valence-corrected chi connectivity index (χ0v) is 18.8. The summed E-state index contributed by atoms with van der Waals surface area (Å²) >= 11 is 5.72. The molecule has 2 bridgehead atoms. The molecule has 3 aliphatic heterocycles. The number of rotatable bonds is 2. The SMILES string of the molecule is O=c1n(-c2cccc3ccccc23)c(O)c2n1[C@@H]1CC2N(C(=S)Nc2ccc3c(c2)OCO3)C1. The number of nitrogens with zero attached hydrogens (tertiary/aromatic N) is 3. The van der Waals surface area contributed by atoms with Gasteiger partial charge in [-0.15, -0.1) is 0 Å². The molecule has 2 N–H and O–H groups in total. The number of ether oxygens (including phenoxy) is 2. The molecular weight excluding hydrogens is 452 g/mol. The van der Waals surface area contributed by atoms with Crippen LogP contribution in [0.25, 0.3) is 16.5 Å². The lowest BCUT2D eigenvalue weighted by Gasteiger charge is -2.30. The van der Waals surface area contributed by atoms with Crippen LogP contribution in [0.2, 0.25) is 0 Å². The first-order valence-electron chi connectivity index (χ1n) is 11.1. The van der Waals surface area contributed by atoms with E-state index in [2.05, 4.69) is 5.32 Å². The number of benzene rings is 3. The lowest BCUT2D eigenvalue weighted by molar-refractivity contribution is 0.174. The average molecular weight is 473 g/mol. The highest BCUT2D eigenvalue weighted by Crippen LogP contribution is 2.49. The lowest BCUT2D eigenvalue weighted by Crippen LogP contribution is -2.39. The second-order valence-corrected chi connectivity index (χ2v) is 9.14. The fourth-order valence-corrected chi connectivity index (χ4v) is 5.78. The molecule has 8 nitrogen and oxygen atoms in total. The fourth-order valence-electron chi connectivity index (χ4n) is 5.46.